The number of aliphatic hydroxyl groups is 3. The predicted molar refractivity (Wildman–Crippen MR) is 134 cm³/mol. The molecule has 3 N–H and O–H groups in total. The molecule has 196 valence electrons. The number of halogens is 1. The van der Waals surface area contributed by atoms with Crippen LogP contribution in [-0.2, 0) is 20.7 Å². The van der Waals surface area contributed by atoms with Gasteiger partial charge in [-0.1, -0.05) is 35.9 Å². The van der Waals surface area contributed by atoms with Crippen molar-refractivity contribution in [2.75, 3.05) is 26.8 Å². The van der Waals surface area contributed by atoms with Crippen molar-refractivity contribution in [3.8, 4) is 5.75 Å². The van der Waals surface area contributed by atoms with Gasteiger partial charge in [0.1, 0.15) is 36.2 Å². The van der Waals surface area contributed by atoms with Crippen molar-refractivity contribution in [1.82, 2.24) is 4.90 Å². The zero-order valence-electron chi connectivity index (χ0n) is 20.5. The molecule has 0 radical (unpaired) electrons. The molecule has 2 aliphatic heterocycles. The Labute approximate surface area is 216 Å². The summed E-state index contributed by atoms with van der Waals surface area (Å²) in [5, 5.41) is 32.7. The Morgan fingerprint density at radius 3 is 2.56 bits per heavy atom. The van der Waals surface area contributed by atoms with Crippen molar-refractivity contribution in [2.24, 2.45) is 0 Å². The van der Waals surface area contributed by atoms with Gasteiger partial charge < -0.3 is 29.5 Å². The molecule has 0 spiro atoms. The highest BCUT2D eigenvalue weighted by atomic mass is 35.5. The summed E-state index contributed by atoms with van der Waals surface area (Å²) in [6.45, 7) is 3.42. The molecule has 2 aromatic carbocycles. The summed E-state index contributed by atoms with van der Waals surface area (Å²) in [7, 11) is 1.35. The number of nitrogens with zero attached hydrogens (tertiary/aromatic N) is 1. The van der Waals surface area contributed by atoms with Crippen LogP contribution in [0, 0.1) is 0 Å². The molecule has 2 aliphatic rings. The van der Waals surface area contributed by atoms with E-state index in [4.69, 9.17) is 25.8 Å². The number of hydrogen-bond donors (Lipinski definition) is 3. The second-order valence-corrected chi connectivity index (χ2v) is 9.75. The SMILES string of the molecule is CCOc1ccc(Cc2cc([C@@H]3O[C@H](CN4CCC[C@H]4C(=O)OC)[C@@H](O)[C@H](O)[C@H]3O)ccc2Cl)cc1. The first-order valence-electron chi connectivity index (χ1n) is 12.3. The van der Waals surface area contributed by atoms with Crippen LogP contribution in [0.1, 0.15) is 42.6 Å². The van der Waals surface area contributed by atoms with E-state index < -0.39 is 36.6 Å². The molecule has 0 bridgehead atoms. The van der Waals surface area contributed by atoms with Crippen LogP contribution in [-0.4, -0.2) is 83.5 Å². The van der Waals surface area contributed by atoms with E-state index in [0.29, 0.717) is 36.6 Å². The fourth-order valence-electron chi connectivity index (χ4n) is 5.05. The monoisotopic (exact) mass is 519 g/mol. The Bertz CT molecular complexity index is 1030. The first-order valence-corrected chi connectivity index (χ1v) is 12.7. The standard InChI is InChI=1S/C27H34ClNO7/c1-3-35-19-9-6-16(7-10-19)13-18-14-17(8-11-20(18)28)26-25(32)24(31)23(30)22(36-26)15-29-12-4-5-21(29)27(33)34-2/h6-11,14,21-26,30-32H,3-5,12-13,15H2,1-2H3/t21-,22+,23+,24-,25+,26-/m0/s1. The highest BCUT2D eigenvalue weighted by Gasteiger charge is 2.46. The van der Waals surface area contributed by atoms with Crippen molar-refractivity contribution in [3.05, 3.63) is 64.2 Å². The van der Waals surface area contributed by atoms with Gasteiger partial charge in [0.2, 0.25) is 0 Å². The van der Waals surface area contributed by atoms with E-state index in [-0.39, 0.29) is 12.5 Å². The lowest BCUT2D eigenvalue weighted by molar-refractivity contribution is -0.228. The quantitative estimate of drug-likeness (QED) is 0.456. The zero-order chi connectivity index (χ0) is 25.8. The van der Waals surface area contributed by atoms with E-state index in [2.05, 4.69) is 0 Å². The third-order valence-corrected chi connectivity index (χ3v) is 7.36. The van der Waals surface area contributed by atoms with Crippen LogP contribution in [0.3, 0.4) is 0 Å². The van der Waals surface area contributed by atoms with E-state index >= 15 is 0 Å². The maximum absolute atomic E-state index is 12.1. The van der Waals surface area contributed by atoms with Crippen molar-refractivity contribution < 1.29 is 34.3 Å². The fourth-order valence-corrected chi connectivity index (χ4v) is 5.24. The minimum absolute atomic E-state index is 0.230. The van der Waals surface area contributed by atoms with Gasteiger partial charge in [-0.05, 0) is 67.6 Å². The minimum atomic E-state index is -1.40. The molecule has 0 aromatic heterocycles. The summed E-state index contributed by atoms with van der Waals surface area (Å²) in [6, 6.07) is 12.7. The summed E-state index contributed by atoms with van der Waals surface area (Å²) < 4.78 is 16.6. The molecule has 0 aliphatic carbocycles. The maximum Gasteiger partial charge on any atom is 0.323 e. The minimum Gasteiger partial charge on any atom is -0.494 e. The molecule has 0 saturated carbocycles. The van der Waals surface area contributed by atoms with E-state index in [1.165, 1.54) is 7.11 Å². The molecular formula is C27H34ClNO7. The van der Waals surface area contributed by atoms with Gasteiger partial charge in [-0.25, -0.2) is 0 Å². The Balaban J connectivity index is 1.52. The molecular weight excluding hydrogens is 486 g/mol. The van der Waals surface area contributed by atoms with Gasteiger partial charge in [0, 0.05) is 11.6 Å². The summed E-state index contributed by atoms with van der Waals surface area (Å²) in [4.78, 5) is 14.0. The highest BCUT2D eigenvalue weighted by molar-refractivity contribution is 6.31. The van der Waals surface area contributed by atoms with Crippen LogP contribution in [0.2, 0.25) is 5.02 Å². The Kier molecular flexibility index (Phi) is 8.87. The third-order valence-electron chi connectivity index (χ3n) is 6.99. The average molecular weight is 520 g/mol. The number of carbonyl (C=O) groups is 1. The van der Waals surface area contributed by atoms with Gasteiger partial charge in [0.25, 0.3) is 0 Å². The number of hydrogen-bond acceptors (Lipinski definition) is 8. The number of carbonyl (C=O) groups excluding carboxylic acids is 1. The number of benzene rings is 2. The predicted octanol–water partition coefficient (Wildman–Crippen LogP) is 2.49. The van der Waals surface area contributed by atoms with E-state index in [1.54, 1.807) is 12.1 Å². The molecule has 4 rings (SSSR count). The largest absolute Gasteiger partial charge is 0.494 e. The smallest absolute Gasteiger partial charge is 0.323 e. The molecule has 6 atom stereocenters. The van der Waals surface area contributed by atoms with Gasteiger partial charge in [-0.2, -0.15) is 0 Å². The lowest BCUT2D eigenvalue weighted by Crippen LogP contribution is -2.57. The first kappa shape index (κ1) is 26.9. The Morgan fingerprint density at radius 2 is 1.86 bits per heavy atom. The van der Waals surface area contributed by atoms with E-state index in [9.17, 15) is 20.1 Å². The van der Waals surface area contributed by atoms with Crippen LogP contribution in [0.4, 0.5) is 0 Å². The molecule has 9 heteroatoms. The van der Waals surface area contributed by atoms with Crippen LogP contribution in [0.25, 0.3) is 0 Å². The summed E-state index contributed by atoms with van der Waals surface area (Å²) >= 11 is 6.49. The second kappa shape index (κ2) is 11.9. The van der Waals surface area contributed by atoms with Crippen LogP contribution in [0.15, 0.2) is 42.5 Å². The topological polar surface area (TPSA) is 109 Å². The van der Waals surface area contributed by atoms with E-state index in [0.717, 1.165) is 23.3 Å². The summed E-state index contributed by atoms with van der Waals surface area (Å²) in [5.74, 6) is 0.470. The lowest BCUT2D eigenvalue weighted by Gasteiger charge is -2.42. The molecule has 2 saturated heterocycles. The van der Waals surface area contributed by atoms with Crippen LogP contribution < -0.4 is 4.74 Å². The van der Waals surface area contributed by atoms with Gasteiger partial charge >= 0.3 is 5.97 Å². The van der Waals surface area contributed by atoms with Gasteiger partial charge in [0.15, 0.2) is 0 Å². The van der Waals surface area contributed by atoms with Crippen LogP contribution in [0.5, 0.6) is 5.75 Å². The van der Waals surface area contributed by atoms with Crippen molar-refractivity contribution in [3.63, 3.8) is 0 Å². The molecule has 2 heterocycles. The van der Waals surface area contributed by atoms with Crippen molar-refractivity contribution >= 4 is 17.6 Å². The number of esters is 1. The van der Waals surface area contributed by atoms with Gasteiger partial charge in [0.05, 0.1) is 19.8 Å². The molecule has 36 heavy (non-hydrogen) atoms. The second-order valence-electron chi connectivity index (χ2n) is 9.35. The maximum atomic E-state index is 12.1. The Morgan fingerprint density at radius 1 is 1.11 bits per heavy atom. The highest BCUT2D eigenvalue weighted by Crippen LogP contribution is 2.35. The molecule has 0 unspecified atom stereocenters. The number of rotatable bonds is 8. The summed E-state index contributed by atoms with van der Waals surface area (Å²) in [5.41, 5.74) is 2.53. The third kappa shape index (κ3) is 5.85. The van der Waals surface area contributed by atoms with Gasteiger partial charge in [-0.3, -0.25) is 9.69 Å². The number of likely N-dealkylation sites (tertiary alicyclic amines) is 1. The molecule has 0 amide bonds. The number of methoxy groups -OCH3 is 1. The molecule has 2 aromatic rings. The normalized spacial score (nSPS) is 28.7. The van der Waals surface area contributed by atoms with E-state index in [1.807, 2.05) is 42.2 Å². The summed E-state index contributed by atoms with van der Waals surface area (Å²) in [6.07, 6.45) is -3.66. The lowest BCUT2D eigenvalue weighted by atomic mass is 9.89. The van der Waals surface area contributed by atoms with Crippen LogP contribution >= 0.6 is 11.6 Å². The number of aliphatic hydroxyl groups excluding tert-OH is 3. The first-order chi connectivity index (χ1) is 17.3. The fraction of sp³-hybridized carbons (Fsp3) is 0.519. The zero-order valence-corrected chi connectivity index (χ0v) is 21.3. The Hall–Kier alpha value is -2.20. The average Bonchev–Trinajstić information content (AvgIpc) is 3.35. The van der Waals surface area contributed by atoms with Gasteiger partial charge in [-0.15, -0.1) is 0 Å². The molecule has 8 nitrogen and oxygen atoms in total. The number of ether oxygens (including phenoxy) is 3. The van der Waals surface area contributed by atoms with Crippen molar-refractivity contribution in [2.45, 2.75) is 62.7 Å². The van der Waals surface area contributed by atoms with Crippen molar-refractivity contribution in [1.29, 1.82) is 0 Å². The molecule has 2 fully saturated rings.